The first-order chi connectivity index (χ1) is 10.7. The first-order valence-electron chi connectivity index (χ1n) is 9.20. The lowest BCUT2D eigenvalue weighted by atomic mass is 9.92. The van der Waals surface area contributed by atoms with Crippen LogP contribution >= 0.6 is 0 Å². The van der Waals surface area contributed by atoms with Crippen LogP contribution in [0.15, 0.2) is 24.8 Å². The molecular weight excluding hydrogens is 272 g/mol. The summed E-state index contributed by atoms with van der Waals surface area (Å²) in [4.78, 5) is 10.9. The Hall–Kier alpha value is -1.05. The van der Waals surface area contributed by atoms with Crippen molar-refractivity contribution in [1.29, 1.82) is 0 Å². The zero-order valence-corrected chi connectivity index (χ0v) is 14.6. The van der Waals surface area contributed by atoms with E-state index in [4.69, 9.17) is 5.11 Å². The Morgan fingerprint density at radius 2 is 1.59 bits per heavy atom. The van der Waals surface area contributed by atoms with Crippen LogP contribution in [0.5, 0.6) is 0 Å². The van der Waals surface area contributed by atoms with Gasteiger partial charge in [0.1, 0.15) is 0 Å². The van der Waals surface area contributed by atoms with E-state index >= 15 is 0 Å². The topological polar surface area (TPSA) is 37.3 Å². The van der Waals surface area contributed by atoms with Gasteiger partial charge in [-0.25, -0.2) is 0 Å². The number of carboxylic acid groups (broad SMARTS) is 1. The van der Waals surface area contributed by atoms with Gasteiger partial charge >= 0.3 is 5.97 Å². The van der Waals surface area contributed by atoms with Gasteiger partial charge in [-0.1, -0.05) is 83.1 Å². The summed E-state index contributed by atoms with van der Waals surface area (Å²) in [7, 11) is 0. The molecule has 2 nitrogen and oxygen atoms in total. The minimum Gasteiger partial charge on any atom is -0.481 e. The Morgan fingerprint density at radius 1 is 1.00 bits per heavy atom. The van der Waals surface area contributed by atoms with Gasteiger partial charge in [0.25, 0.3) is 0 Å². The molecule has 0 aromatic heterocycles. The van der Waals surface area contributed by atoms with Crippen LogP contribution in [-0.2, 0) is 4.79 Å². The maximum atomic E-state index is 10.9. The van der Waals surface area contributed by atoms with Crippen LogP contribution in [0, 0.1) is 5.92 Å². The van der Waals surface area contributed by atoms with Crippen molar-refractivity contribution in [2.75, 3.05) is 0 Å². The van der Waals surface area contributed by atoms with Crippen LogP contribution in [0.1, 0.15) is 90.4 Å². The van der Waals surface area contributed by atoms with E-state index in [-0.39, 0.29) is 0 Å². The average molecular weight is 309 g/mol. The van der Waals surface area contributed by atoms with Crippen LogP contribution in [-0.4, -0.2) is 11.1 Å². The van der Waals surface area contributed by atoms with Gasteiger partial charge in [0.05, 0.1) is 0 Å². The van der Waals surface area contributed by atoms with E-state index in [1.165, 1.54) is 57.8 Å². The summed E-state index contributed by atoms with van der Waals surface area (Å²) in [5.41, 5.74) is 0. The van der Waals surface area contributed by atoms with E-state index in [1.54, 1.807) is 0 Å². The first kappa shape index (κ1) is 20.9. The van der Waals surface area contributed by atoms with Crippen LogP contribution < -0.4 is 0 Å². The second kappa shape index (κ2) is 16.3. The number of hydrogen-bond donors (Lipinski definition) is 1. The highest BCUT2D eigenvalue weighted by Gasteiger charge is 2.12. The summed E-state index contributed by atoms with van der Waals surface area (Å²) in [5, 5.41) is 8.99. The molecule has 0 saturated carbocycles. The molecule has 0 radical (unpaired) electrons. The number of rotatable bonds is 16. The molecule has 0 aliphatic carbocycles. The van der Waals surface area contributed by atoms with Gasteiger partial charge in [-0.05, 0) is 31.6 Å². The Balaban J connectivity index is 3.55. The molecular formula is C20H36O2. The molecule has 0 saturated heterocycles. The predicted molar refractivity (Wildman–Crippen MR) is 96.2 cm³/mol. The van der Waals surface area contributed by atoms with E-state index in [0.29, 0.717) is 12.3 Å². The molecule has 0 fully saturated rings. The summed E-state index contributed by atoms with van der Waals surface area (Å²) in [6.07, 6.45) is 21.0. The standard InChI is InChI=1S/C20H36O2/c1-3-5-7-8-9-10-11-12-13-15-17-19(18-20(21)22)16-14-6-4-2/h3,5,7,19H,1,4,6,8-18H2,2H3,(H,21,22)/b7-5+. The zero-order valence-electron chi connectivity index (χ0n) is 14.6. The highest BCUT2D eigenvalue weighted by molar-refractivity contribution is 5.66. The number of unbranched alkanes of at least 4 members (excludes halogenated alkanes) is 8. The summed E-state index contributed by atoms with van der Waals surface area (Å²) < 4.78 is 0. The van der Waals surface area contributed by atoms with Gasteiger partial charge in [-0.15, -0.1) is 0 Å². The van der Waals surface area contributed by atoms with Crippen molar-refractivity contribution in [2.24, 2.45) is 5.92 Å². The fourth-order valence-electron chi connectivity index (χ4n) is 2.87. The van der Waals surface area contributed by atoms with Crippen molar-refractivity contribution >= 4 is 5.97 Å². The molecule has 0 aromatic carbocycles. The van der Waals surface area contributed by atoms with Crippen LogP contribution in [0.25, 0.3) is 0 Å². The molecule has 0 aliphatic heterocycles. The monoisotopic (exact) mass is 308 g/mol. The molecule has 0 rings (SSSR count). The third-order valence-electron chi connectivity index (χ3n) is 4.18. The molecule has 0 heterocycles. The minimum atomic E-state index is -0.630. The average Bonchev–Trinajstić information content (AvgIpc) is 2.48. The van der Waals surface area contributed by atoms with E-state index in [9.17, 15) is 4.79 Å². The highest BCUT2D eigenvalue weighted by Crippen LogP contribution is 2.21. The SMILES string of the molecule is C=C/C=C/CCCCCCCCC(CCCCC)CC(=O)O. The van der Waals surface area contributed by atoms with Crippen LogP contribution in [0.3, 0.4) is 0 Å². The van der Waals surface area contributed by atoms with Crippen LogP contribution in [0.2, 0.25) is 0 Å². The molecule has 1 N–H and O–H groups in total. The summed E-state index contributed by atoms with van der Waals surface area (Å²) in [6.45, 7) is 5.85. The van der Waals surface area contributed by atoms with Gasteiger partial charge in [0.15, 0.2) is 0 Å². The zero-order chi connectivity index (χ0) is 16.5. The normalized spacial score (nSPS) is 12.6. The molecule has 128 valence electrons. The number of hydrogen-bond acceptors (Lipinski definition) is 1. The van der Waals surface area contributed by atoms with Crippen molar-refractivity contribution in [3.63, 3.8) is 0 Å². The lowest BCUT2D eigenvalue weighted by Crippen LogP contribution is -2.08. The first-order valence-corrected chi connectivity index (χ1v) is 9.20. The van der Waals surface area contributed by atoms with Crippen molar-refractivity contribution in [3.8, 4) is 0 Å². The Kier molecular flexibility index (Phi) is 15.5. The third-order valence-corrected chi connectivity index (χ3v) is 4.18. The van der Waals surface area contributed by atoms with Crippen LogP contribution in [0.4, 0.5) is 0 Å². The maximum Gasteiger partial charge on any atom is 0.303 e. The molecule has 0 aromatic rings. The smallest absolute Gasteiger partial charge is 0.303 e. The second-order valence-corrected chi connectivity index (χ2v) is 6.32. The van der Waals surface area contributed by atoms with Gasteiger partial charge in [0.2, 0.25) is 0 Å². The van der Waals surface area contributed by atoms with Gasteiger partial charge in [0, 0.05) is 6.42 Å². The van der Waals surface area contributed by atoms with Crippen molar-refractivity contribution in [1.82, 2.24) is 0 Å². The Morgan fingerprint density at radius 3 is 2.18 bits per heavy atom. The lowest BCUT2D eigenvalue weighted by Gasteiger charge is -2.14. The minimum absolute atomic E-state index is 0.360. The number of aliphatic carboxylic acids is 1. The van der Waals surface area contributed by atoms with E-state index < -0.39 is 5.97 Å². The third kappa shape index (κ3) is 15.3. The molecule has 2 heteroatoms. The molecule has 22 heavy (non-hydrogen) atoms. The number of carbonyl (C=O) groups is 1. The summed E-state index contributed by atoms with van der Waals surface area (Å²) in [5.74, 6) is -0.234. The Bertz CT molecular complexity index is 294. The van der Waals surface area contributed by atoms with Crippen molar-refractivity contribution in [3.05, 3.63) is 24.8 Å². The highest BCUT2D eigenvalue weighted by atomic mass is 16.4. The second-order valence-electron chi connectivity index (χ2n) is 6.32. The summed E-state index contributed by atoms with van der Waals surface area (Å²) in [6, 6.07) is 0. The molecule has 0 bridgehead atoms. The van der Waals surface area contributed by atoms with Gasteiger partial charge < -0.3 is 5.11 Å². The fraction of sp³-hybridized carbons (Fsp3) is 0.750. The molecule has 1 atom stereocenters. The van der Waals surface area contributed by atoms with Crippen molar-refractivity contribution in [2.45, 2.75) is 90.4 Å². The maximum absolute atomic E-state index is 10.9. The lowest BCUT2D eigenvalue weighted by molar-refractivity contribution is -0.138. The summed E-state index contributed by atoms with van der Waals surface area (Å²) >= 11 is 0. The predicted octanol–water partition coefficient (Wildman–Crippen LogP) is 6.52. The van der Waals surface area contributed by atoms with E-state index in [2.05, 4.69) is 19.6 Å². The molecule has 0 aliphatic rings. The van der Waals surface area contributed by atoms with E-state index in [0.717, 1.165) is 19.3 Å². The Labute approximate surface area is 137 Å². The number of allylic oxidation sites excluding steroid dienone is 3. The van der Waals surface area contributed by atoms with Crippen molar-refractivity contribution < 1.29 is 9.90 Å². The largest absolute Gasteiger partial charge is 0.481 e. The molecule has 0 spiro atoms. The molecule has 1 unspecified atom stereocenters. The van der Waals surface area contributed by atoms with Gasteiger partial charge in [-0.3, -0.25) is 4.79 Å². The molecule has 0 amide bonds. The number of carboxylic acids is 1. The fourth-order valence-corrected chi connectivity index (χ4v) is 2.87. The van der Waals surface area contributed by atoms with E-state index in [1.807, 2.05) is 12.2 Å². The van der Waals surface area contributed by atoms with Gasteiger partial charge in [-0.2, -0.15) is 0 Å². The quantitative estimate of drug-likeness (QED) is 0.260.